The highest BCUT2D eigenvalue weighted by Gasteiger charge is 2.23. The molecule has 1 unspecified atom stereocenters. The van der Waals surface area contributed by atoms with E-state index >= 15 is 0 Å². The summed E-state index contributed by atoms with van der Waals surface area (Å²) in [5.41, 5.74) is 0. The highest BCUT2D eigenvalue weighted by atomic mass is 32.2. The second-order valence-corrected chi connectivity index (χ2v) is 5.91. The van der Waals surface area contributed by atoms with Gasteiger partial charge in [0.15, 0.2) is 5.03 Å². The molecule has 1 rings (SSSR count). The summed E-state index contributed by atoms with van der Waals surface area (Å²) in [6.45, 7) is 4.36. The van der Waals surface area contributed by atoms with Crippen LogP contribution >= 0.6 is 0 Å². The van der Waals surface area contributed by atoms with Crippen molar-refractivity contribution in [3.05, 3.63) is 12.5 Å². The van der Waals surface area contributed by atoms with Gasteiger partial charge in [-0.1, -0.05) is 13.3 Å². The van der Waals surface area contributed by atoms with Gasteiger partial charge in [0, 0.05) is 18.8 Å². The van der Waals surface area contributed by atoms with Crippen molar-refractivity contribution in [3.63, 3.8) is 0 Å². The van der Waals surface area contributed by atoms with Crippen LogP contribution in [0.5, 0.6) is 0 Å². The Morgan fingerprint density at radius 1 is 1.53 bits per heavy atom. The van der Waals surface area contributed by atoms with Gasteiger partial charge in [-0.25, -0.2) is 18.1 Å². The summed E-state index contributed by atoms with van der Waals surface area (Å²) in [5.74, 6) is -1.03. The first-order valence-electron chi connectivity index (χ1n) is 6.15. The number of carbonyl (C=O) groups is 1. The largest absolute Gasteiger partial charge is 0.481 e. The quantitative estimate of drug-likeness (QED) is 0.738. The lowest BCUT2D eigenvalue weighted by molar-refractivity contribution is -0.137. The summed E-state index contributed by atoms with van der Waals surface area (Å²) in [6.07, 6.45) is 3.79. The van der Waals surface area contributed by atoms with E-state index < -0.39 is 22.0 Å². The third kappa shape index (κ3) is 4.64. The van der Waals surface area contributed by atoms with E-state index in [-0.39, 0.29) is 11.4 Å². The standard InChI is InChI=1S/C11H19N3O4S/c1-3-5-9(6-11(15)16)13-19(17,18)10-7-14(4-2)8-12-10/h7-9,13H,3-6H2,1-2H3,(H,15,16). The minimum absolute atomic E-state index is 0.0826. The maximum atomic E-state index is 12.0. The molecule has 0 aliphatic rings. The number of rotatable bonds is 8. The van der Waals surface area contributed by atoms with Crippen molar-refractivity contribution in [2.24, 2.45) is 0 Å². The molecule has 0 spiro atoms. The van der Waals surface area contributed by atoms with Crippen LogP contribution in [0.4, 0.5) is 0 Å². The molecule has 0 aliphatic carbocycles. The number of hydrogen-bond acceptors (Lipinski definition) is 4. The van der Waals surface area contributed by atoms with Crippen LogP contribution in [0.3, 0.4) is 0 Å². The molecule has 1 aromatic heterocycles. The molecule has 0 aliphatic heterocycles. The van der Waals surface area contributed by atoms with Crippen molar-refractivity contribution in [3.8, 4) is 0 Å². The number of aryl methyl sites for hydroxylation is 1. The average Bonchev–Trinajstić information content (AvgIpc) is 2.77. The molecule has 0 aromatic carbocycles. The molecule has 108 valence electrons. The second kappa shape index (κ2) is 6.67. The van der Waals surface area contributed by atoms with Gasteiger partial charge in [-0.3, -0.25) is 4.79 Å². The lowest BCUT2D eigenvalue weighted by Gasteiger charge is -2.15. The molecule has 0 fully saturated rings. The number of hydrogen-bond donors (Lipinski definition) is 2. The van der Waals surface area contributed by atoms with Crippen LogP contribution < -0.4 is 4.72 Å². The zero-order valence-electron chi connectivity index (χ0n) is 11.0. The van der Waals surface area contributed by atoms with Crippen molar-refractivity contribution in [2.45, 2.75) is 50.7 Å². The number of sulfonamides is 1. The van der Waals surface area contributed by atoms with Crippen LogP contribution in [0, 0.1) is 0 Å². The Morgan fingerprint density at radius 3 is 2.68 bits per heavy atom. The molecule has 1 aromatic rings. The van der Waals surface area contributed by atoms with Crippen LogP contribution in [-0.2, 0) is 21.4 Å². The maximum absolute atomic E-state index is 12.0. The van der Waals surface area contributed by atoms with E-state index in [1.165, 1.54) is 12.5 Å². The van der Waals surface area contributed by atoms with Gasteiger partial charge >= 0.3 is 5.97 Å². The molecule has 1 atom stereocenters. The SMILES string of the molecule is CCCC(CC(=O)O)NS(=O)(=O)c1cn(CC)cn1. The van der Waals surface area contributed by atoms with Crippen molar-refractivity contribution in [2.75, 3.05) is 0 Å². The summed E-state index contributed by atoms with van der Waals surface area (Å²) in [7, 11) is -3.76. The van der Waals surface area contributed by atoms with Gasteiger partial charge in [0.25, 0.3) is 10.0 Å². The Morgan fingerprint density at radius 2 is 2.21 bits per heavy atom. The van der Waals surface area contributed by atoms with Gasteiger partial charge in [-0.15, -0.1) is 0 Å². The van der Waals surface area contributed by atoms with Crippen LogP contribution in [-0.4, -0.2) is 35.1 Å². The number of imidazole rings is 1. The smallest absolute Gasteiger partial charge is 0.304 e. The molecule has 2 N–H and O–H groups in total. The summed E-state index contributed by atoms with van der Waals surface area (Å²) in [4.78, 5) is 14.5. The Balaban J connectivity index is 2.83. The zero-order valence-corrected chi connectivity index (χ0v) is 11.9. The monoisotopic (exact) mass is 289 g/mol. The first kappa shape index (κ1) is 15.6. The minimum Gasteiger partial charge on any atom is -0.481 e. The maximum Gasteiger partial charge on any atom is 0.304 e. The Labute approximate surface area is 112 Å². The summed E-state index contributed by atoms with van der Waals surface area (Å²) in [6, 6.07) is -0.612. The molecule has 1 heterocycles. The normalized spacial score (nSPS) is 13.4. The zero-order chi connectivity index (χ0) is 14.5. The van der Waals surface area contributed by atoms with Gasteiger partial charge < -0.3 is 9.67 Å². The molecular formula is C11H19N3O4S. The molecule has 0 amide bonds. The molecule has 0 saturated carbocycles. The van der Waals surface area contributed by atoms with Gasteiger partial charge in [0.1, 0.15) is 0 Å². The third-order valence-electron chi connectivity index (χ3n) is 2.63. The van der Waals surface area contributed by atoms with E-state index in [0.717, 1.165) is 0 Å². The number of aromatic nitrogens is 2. The van der Waals surface area contributed by atoms with E-state index in [2.05, 4.69) is 9.71 Å². The predicted molar refractivity (Wildman–Crippen MR) is 69.2 cm³/mol. The highest BCUT2D eigenvalue weighted by Crippen LogP contribution is 2.10. The lowest BCUT2D eigenvalue weighted by Crippen LogP contribution is -2.36. The average molecular weight is 289 g/mol. The Hall–Kier alpha value is -1.41. The van der Waals surface area contributed by atoms with Crippen LogP contribution in [0.1, 0.15) is 33.1 Å². The van der Waals surface area contributed by atoms with E-state index in [1.807, 2.05) is 13.8 Å². The summed E-state index contributed by atoms with van der Waals surface area (Å²) in [5, 5.41) is 8.68. The Kier molecular flexibility index (Phi) is 5.49. The number of carboxylic acid groups (broad SMARTS) is 1. The fourth-order valence-corrected chi connectivity index (χ4v) is 2.91. The fourth-order valence-electron chi connectivity index (χ4n) is 1.69. The number of nitrogens with zero attached hydrogens (tertiary/aromatic N) is 2. The van der Waals surface area contributed by atoms with Crippen molar-refractivity contribution >= 4 is 16.0 Å². The van der Waals surface area contributed by atoms with E-state index in [1.54, 1.807) is 4.57 Å². The molecule has 0 saturated heterocycles. The van der Waals surface area contributed by atoms with E-state index in [9.17, 15) is 13.2 Å². The van der Waals surface area contributed by atoms with E-state index in [0.29, 0.717) is 19.4 Å². The lowest BCUT2D eigenvalue weighted by atomic mass is 10.1. The number of nitrogens with one attached hydrogen (secondary N) is 1. The van der Waals surface area contributed by atoms with E-state index in [4.69, 9.17) is 5.11 Å². The van der Waals surface area contributed by atoms with Gasteiger partial charge in [0.2, 0.25) is 0 Å². The minimum atomic E-state index is -3.76. The molecule has 19 heavy (non-hydrogen) atoms. The van der Waals surface area contributed by atoms with Crippen LogP contribution in [0.2, 0.25) is 0 Å². The molecule has 0 radical (unpaired) electrons. The highest BCUT2D eigenvalue weighted by molar-refractivity contribution is 7.89. The fraction of sp³-hybridized carbons (Fsp3) is 0.636. The molecular weight excluding hydrogens is 270 g/mol. The Bertz CT molecular complexity index is 524. The third-order valence-corrected chi connectivity index (χ3v) is 4.04. The van der Waals surface area contributed by atoms with Crippen molar-refractivity contribution in [1.29, 1.82) is 0 Å². The first-order valence-corrected chi connectivity index (χ1v) is 7.63. The van der Waals surface area contributed by atoms with Gasteiger partial charge in [-0.05, 0) is 13.3 Å². The molecule has 0 bridgehead atoms. The first-order chi connectivity index (χ1) is 8.89. The number of aliphatic carboxylic acids is 1. The number of carboxylic acids is 1. The van der Waals surface area contributed by atoms with Crippen LogP contribution in [0.15, 0.2) is 17.6 Å². The van der Waals surface area contributed by atoms with Crippen LogP contribution in [0.25, 0.3) is 0 Å². The van der Waals surface area contributed by atoms with Crippen molar-refractivity contribution < 1.29 is 18.3 Å². The molecule has 7 nitrogen and oxygen atoms in total. The van der Waals surface area contributed by atoms with Crippen molar-refractivity contribution in [1.82, 2.24) is 14.3 Å². The summed E-state index contributed by atoms with van der Waals surface area (Å²) < 4.78 is 28.1. The predicted octanol–water partition coefficient (Wildman–Crippen LogP) is 0.825. The molecule has 8 heteroatoms. The summed E-state index contributed by atoms with van der Waals surface area (Å²) >= 11 is 0. The topological polar surface area (TPSA) is 101 Å². The van der Waals surface area contributed by atoms with Gasteiger partial charge in [0.05, 0.1) is 12.7 Å². The second-order valence-electron chi connectivity index (χ2n) is 4.25. The van der Waals surface area contributed by atoms with Gasteiger partial charge in [-0.2, -0.15) is 0 Å².